The molecule has 0 aliphatic carbocycles. The lowest BCUT2D eigenvalue weighted by molar-refractivity contribution is 0.750. The Morgan fingerprint density at radius 2 is 1.83 bits per heavy atom. The number of para-hydroxylation sites is 1. The Bertz CT molecular complexity index is 1270. The first-order chi connectivity index (χ1) is 14.3. The largest absolute Gasteiger partial charge is 0.309 e. The second kappa shape index (κ2) is 7.73. The monoisotopic (exact) mass is 416 g/mol. The summed E-state index contributed by atoms with van der Waals surface area (Å²) < 4.78 is 2.04. The van der Waals surface area contributed by atoms with Crippen molar-refractivity contribution in [3.63, 3.8) is 0 Å². The highest BCUT2D eigenvalue weighted by atomic mass is 32.2. The number of benzene rings is 1. The second-order valence-corrected chi connectivity index (χ2v) is 8.41. The Hall–Kier alpha value is -3.10. The molecule has 4 heterocycles. The quantitative estimate of drug-likeness (QED) is 0.389. The maximum atomic E-state index is 4.84. The molecular formula is C21H16N6S2. The van der Waals surface area contributed by atoms with Gasteiger partial charge >= 0.3 is 0 Å². The Kier molecular flexibility index (Phi) is 4.79. The number of aromatic nitrogens is 6. The number of thiophene rings is 1. The van der Waals surface area contributed by atoms with E-state index in [1.807, 2.05) is 48.0 Å². The third-order valence-electron chi connectivity index (χ3n) is 4.53. The van der Waals surface area contributed by atoms with Crippen molar-refractivity contribution in [2.75, 3.05) is 0 Å². The minimum atomic E-state index is 0.676. The van der Waals surface area contributed by atoms with Crippen LogP contribution in [0, 0.1) is 0 Å². The highest BCUT2D eigenvalue weighted by Crippen LogP contribution is 2.32. The smallest absolute Gasteiger partial charge is 0.197 e. The molecule has 0 amide bonds. The van der Waals surface area contributed by atoms with E-state index < -0.39 is 0 Å². The van der Waals surface area contributed by atoms with E-state index in [1.54, 1.807) is 23.7 Å². The summed E-state index contributed by atoms with van der Waals surface area (Å²) in [5.41, 5.74) is 1.83. The van der Waals surface area contributed by atoms with Gasteiger partial charge in [0.15, 0.2) is 11.0 Å². The summed E-state index contributed by atoms with van der Waals surface area (Å²) >= 11 is 3.24. The van der Waals surface area contributed by atoms with Crippen LogP contribution in [-0.2, 0) is 13.5 Å². The van der Waals surface area contributed by atoms with E-state index in [9.17, 15) is 0 Å². The molecule has 5 rings (SSSR count). The van der Waals surface area contributed by atoms with Gasteiger partial charge in [-0.25, -0.2) is 9.97 Å². The van der Waals surface area contributed by atoms with E-state index in [-0.39, 0.29) is 0 Å². The van der Waals surface area contributed by atoms with Gasteiger partial charge in [-0.05, 0) is 41.4 Å². The molecule has 0 saturated carbocycles. The summed E-state index contributed by atoms with van der Waals surface area (Å²) in [7, 11) is 2.00. The van der Waals surface area contributed by atoms with Crippen LogP contribution in [-0.4, -0.2) is 29.7 Å². The lowest BCUT2D eigenvalue weighted by Crippen LogP contribution is -2.00. The van der Waals surface area contributed by atoms with Gasteiger partial charge in [-0.1, -0.05) is 24.3 Å². The molecule has 0 spiro atoms. The predicted octanol–water partition coefficient (Wildman–Crippen LogP) is 4.62. The van der Waals surface area contributed by atoms with Crippen molar-refractivity contribution in [1.29, 1.82) is 0 Å². The van der Waals surface area contributed by atoms with Gasteiger partial charge in [-0.15, -0.1) is 21.5 Å². The topological polar surface area (TPSA) is 69.4 Å². The molecule has 8 heteroatoms. The van der Waals surface area contributed by atoms with Crippen molar-refractivity contribution < 1.29 is 0 Å². The molecule has 4 aromatic heterocycles. The predicted molar refractivity (Wildman–Crippen MR) is 115 cm³/mol. The van der Waals surface area contributed by atoms with E-state index in [0.29, 0.717) is 5.82 Å². The van der Waals surface area contributed by atoms with Crippen LogP contribution in [0.25, 0.3) is 22.3 Å². The van der Waals surface area contributed by atoms with Gasteiger partial charge < -0.3 is 4.57 Å². The fourth-order valence-corrected chi connectivity index (χ4v) is 4.61. The van der Waals surface area contributed by atoms with Crippen LogP contribution in [0.2, 0.25) is 0 Å². The van der Waals surface area contributed by atoms with Crippen LogP contribution >= 0.6 is 23.1 Å². The van der Waals surface area contributed by atoms with Crippen LogP contribution in [0.3, 0.4) is 0 Å². The minimum Gasteiger partial charge on any atom is -0.309 e. The fraction of sp³-hybridized carbons (Fsp3) is 0.0952. The summed E-state index contributed by atoms with van der Waals surface area (Å²) in [5.74, 6) is 1.61. The third kappa shape index (κ3) is 3.64. The zero-order valence-electron chi connectivity index (χ0n) is 15.6. The van der Waals surface area contributed by atoms with E-state index in [2.05, 4.69) is 32.7 Å². The van der Waals surface area contributed by atoms with Crippen molar-refractivity contribution in [2.24, 2.45) is 7.05 Å². The Balaban J connectivity index is 1.54. The molecule has 0 atom stereocenters. The van der Waals surface area contributed by atoms with E-state index in [4.69, 9.17) is 9.97 Å². The number of fused-ring (bicyclic) bond motifs is 1. The summed E-state index contributed by atoms with van der Waals surface area (Å²) in [6, 6.07) is 16.0. The second-order valence-electron chi connectivity index (χ2n) is 6.42. The molecular weight excluding hydrogens is 400 g/mol. The number of hydrogen-bond acceptors (Lipinski definition) is 7. The van der Waals surface area contributed by atoms with Gasteiger partial charge in [0.25, 0.3) is 0 Å². The van der Waals surface area contributed by atoms with Crippen LogP contribution in [0.4, 0.5) is 0 Å². The highest BCUT2D eigenvalue weighted by molar-refractivity contribution is 7.99. The van der Waals surface area contributed by atoms with Gasteiger partial charge in [-0.2, -0.15) is 0 Å². The van der Waals surface area contributed by atoms with Crippen LogP contribution < -0.4 is 0 Å². The summed E-state index contributed by atoms with van der Waals surface area (Å²) in [5, 5.41) is 13.6. The molecule has 0 radical (unpaired) electrons. The Morgan fingerprint density at radius 3 is 2.66 bits per heavy atom. The standard InChI is InChI=1S/C21H16N6S2/c1-27-18(13-15-5-4-12-28-15)25-26-21(27)29-20-16-6-2-3-7-17(16)23-19(24-20)14-8-10-22-11-9-14/h2-12H,13H2,1H3. The van der Waals surface area contributed by atoms with Gasteiger partial charge in [0.1, 0.15) is 10.9 Å². The Morgan fingerprint density at radius 1 is 0.966 bits per heavy atom. The van der Waals surface area contributed by atoms with Crippen molar-refractivity contribution >= 4 is 34.0 Å². The lowest BCUT2D eigenvalue weighted by Gasteiger charge is -2.08. The average Bonchev–Trinajstić information content (AvgIpc) is 3.40. The van der Waals surface area contributed by atoms with Crippen molar-refractivity contribution in [3.05, 3.63) is 77.0 Å². The zero-order valence-corrected chi connectivity index (χ0v) is 17.2. The summed E-state index contributed by atoms with van der Waals surface area (Å²) in [6.45, 7) is 0. The molecule has 5 aromatic rings. The van der Waals surface area contributed by atoms with Crippen molar-refractivity contribution in [1.82, 2.24) is 29.7 Å². The maximum Gasteiger partial charge on any atom is 0.197 e. The third-order valence-corrected chi connectivity index (χ3v) is 6.45. The SMILES string of the molecule is Cn1c(Cc2cccs2)nnc1Sc1nc(-c2ccncc2)nc2ccccc12. The fourth-order valence-electron chi connectivity index (χ4n) is 3.00. The minimum absolute atomic E-state index is 0.676. The molecule has 1 aromatic carbocycles. The van der Waals surface area contributed by atoms with Crippen LogP contribution in [0.5, 0.6) is 0 Å². The molecule has 0 bridgehead atoms. The first-order valence-corrected chi connectivity index (χ1v) is 10.7. The molecule has 0 aliphatic rings. The zero-order chi connectivity index (χ0) is 19.6. The number of hydrogen-bond donors (Lipinski definition) is 0. The van der Waals surface area contributed by atoms with Gasteiger partial charge in [0.05, 0.1) is 5.52 Å². The molecule has 0 saturated heterocycles. The van der Waals surface area contributed by atoms with Gasteiger partial charge in [-0.3, -0.25) is 4.98 Å². The normalized spacial score (nSPS) is 11.2. The van der Waals surface area contributed by atoms with E-state index >= 15 is 0 Å². The molecule has 6 nitrogen and oxygen atoms in total. The number of pyridine rings is 1. The first kappa shape index (κ1) is 18.0. The van der Waals surface area contributed by atoms with Crippen LogP contribution in [0.1, 0.15) is 10.7 Å². The van der Waals surface area contributed by atoms with E-state index in [1.165, 1.54) is 16.6 Å². The molecule has 29 heavy (non-hydrogen) atoms. The van der Waals surface area contributed by atoms with Crippen molar-refractivity contribution in [3.8, 4) is 11.4 Å². The highest BCUT2D eigenvalue weighted by Gasteiger charge is 2.16. The first-order valence-electron chi connectivity index (χ1n) is 9.03. The van der Waals surface area contributed by atoms with E-state index in [0.717, 1.165) is 38.9 Å². The molecule has 0 fully saturated rings. The van der Waals surface area contributed by atoms with Gasteiger partial charge in [0.2, 0.25) is 0 Å². The number of nitrogens with zero attached hydrogens (tertiary/aromatic N) is 6. The van der Waals surface area contributed by atoms with Crippen LogP contribution in [0.15, 0.2) is 76.5 Å². The molecule has 142 valence electrons. The molecule has 0 aliphatic heterocycles. The lowest BCUT2D eigenvalue weighted by atomic mass is 10.2. The summed E-state index contributed by atoms with van der Waals surface area (Å²) in [6.07, 6.45) is 4.27. The van der Waals surface area contributed by atoms with Crippen molar-refractivity contribution in [2.45, 2.75) is 16.6 Å². The molecule has 0 N–H and O–H groups in total. The maximum absolute atomic E-state index is 4.84. The summed E-state index contributed by atoms with van der Waals surface area (Å²) in [4.78, 5) is 14.9. The average molecular weight is 417 g/mol. The van der Waals surface area contributed by atoms with Gasteiger partial charge in [0, 0.05) is 41.7 Å². The number of rotatable bonds is 5. The Labute approximate surface area is 175 Å². The molecule has 0 unspecified atom stereocenters.